The van der Waals surface area contributed by atoms with Crippen LogP contribution in [-0.2, 0) is 4.74 Å². The monoisotopic (exact) mass is 321 g/mol. The van der Waals surface area contributed by atoms with Crippen molar-refractivity contribution >= 4 is 0 Å². The summed E-state index contributed by atoms with van der Waals surface area (Å²) in [6.07, 6.45) is 1.13. The molecule has 0 aromatic carbocycles. The number of hydrogen-bond donors (Lipinski definition) is 4. The highest BCUT2D eigenvalue weighted by atomic mass is 19.3. The fourth-order valence-corrected chi connectivity index (χ4v) is 4.22. The van der Waals surface area contributed by atoms with Gasteiger partial charge in [-0.05, 0) is 19.3 Å². The third-order valence-corrected chi connectivity index (χ3v) is 5.58. The van der Waals surface area contributed by atoms with E-state index in [-0.39, 0.29) is 32.4 Å². The molecule has 7 heteroatoms. The van der Waals surface area contributed by atoms with E-state index in [1.54, 1.807) is 0 Å². The minimum atomic E-state index is -2.84. The number of rotatable bonds is 6. The van der Waals surface area contributed by atoms with E-state index in [9.17, 15) is 13.9 Å². The first-order valence-electron chi connectivity index (χ1n) is 8.08. The first-order chi connectivity index (χ1) is 10.1. The topological polar surface area (TPSA) is 108 Å². The van der Waals surface area contributed by atoms with Crippen LogP contribution in [0.2, 0.25) is 0 Å². The molecule has 2 aliphatic carbocycles. The molecule has 5 nitrogen and oxygen atoms in total. The number of fused-ring (bicyclic) bond motifs is 1. The Morgan fingerprint density at radius 3 is 2.50 bits per heavy atom. The Hall–Kier alpha value is -0.340. The molecule has 2 aliphatic rings. The van der Waals surface area contributed by atoms with Crippen molar-refractivity contribution in [2.24, 2.45) is 23.1 Å². The van der Waals surface area contributed by atoms with Crippen LogP contribution in [0.1, 0.15) is 45.4 Å². The number of unbranched alkanes of at least 4 members (excludes halogenated alkanes) is 1. The van der Waals surface area contributed by atoms with Crippen molar-refractivity contribution in [2.45, 2.75) is 68.1 Å². The lowest BCUT2D eigenvalue weighted by Gasteiger charge is -2.49. The van der Waals surface area contributed by atoms with E-state index in [4.69, 9.17) is 21.9 Å². The molecule has 4 atom stereocenters. The summed E-state index contributed by atoms with van der Waals surface area (Å²) < 4.78 is 33.3. The summed E-state index contributed by atoms with van der Waals surface area (Å²) in [5, 5.41) is 10.8. The van der Waals surface area contributed by atoms with Crippen LogP contribution < -0.4 is 17.2 Å². The standard InChI is InChI=1S/C15H29F2N3O2/c1-2-3-6-22-7-11-12(21,10-18)8-13(19)9-14(16,17)4-5-15(11,13)20/h11,21H,2-10,18-20H2,1H3/t11-,12?,13-,15?/m1/s1. The van der Waals surface area contributed by atoms with Gasteiger partial charge in [-0.25, -0.2) is 8.78 Å². The molecule has 0 saturated heterocycles. The lowest BCUT2D eigenvalue weighted by atomic mass is 9.65. The molecule has 0 amide bonds. The maximum atomic E-state index is 13.8. The highest BCUT2D eigenvalue weighted by molar-refractivity contribution is 5.26. The largest absolute Gasteiger partial charge is 0.388 e. The number of nitrogens with two attached hydrogens (primary N) is 3. The van der Waals surface area contributed by atoms with E-state index < -0.39 is 34.9 Å². The van der Waals surface area contributed by atoms with Crippen molar-refractivity contribution in [1.82, 2.24) is 0 Å². The van der Waals surface area contributed by atoms with E-state index in [1.807, 2.05) is 6.92 Å². The third kappa shape index (κ3) is 2.89. The van der Waals surface area contributed by atoms with Crippen molar-refractivity contribution in [2.75, 3.05) is 19.8 Å². The summed E-state index contributed by atoms with van der Waals surface area (Å²) in [5.74, 6) is -3.37. The van der Waals surface area contributed by atoms with Crippen LogP contribution in [-0.4, -0.2) is 47.5 Å². The fourth-order valence-electron chi connectivity index (χ4n) is 4.22. The van der Waals surface area contributed by atoms with E-state index in [0.717, 1.165) is 12.8 Å². The Morgan fingerprint density at radius 1 is 1.23 bits per heavy atom. The van der Waals surface area contributed by atoms with Gasteiger partial charge in [0.1, 0.15) is 0 Å². The second-order valence-corrected chi connectivity index (χ2v) is 7.19. The molecule has 2 saturated carbocycles. The highest BCUT2D eigenvalue weighted by Gasteiger charge is 2.69. The molecule has 0 heterocycles. The van der Waals surface area contributed by atoms with Gasteiger partial charge in [-0.3, -0.25) is 0 Å². The zero-order valence-corrected chi connectivity index (χ0v) is 13.3. The highest BCUT2D eigenvalue weighted by Crippen LogP contribution is 2.56. The van der Waals surface area contributed by atoms with E-state index in [2.05, 4.69) is 0 Å². The van der Waals surface area contributed by atoms with Gasteiger partial charge in [-0.15, -0.1) is 0 Å². The van der Waals surface area contributed by atoms with Crippen LogP contribution in [0, 0.1) is 5.92 Å². The molecule has 0 aromatic heterocycles. The van der Waals surface area contributed by atoms with Crippen molar-refractivity contribution < 1.29 is 18.6 Å². The molecule has 0 spiro atoms. The van der Waals surface area contributed by atoms with Crippen molar-refractivity contribution in [1.29, 1.82) is 0 Å². The van der Waals surface area contributed by atoms with E-state index in [1.165, 1.54) is 0 Å². The summed E-state index contributed by atoms with van der Waals surface area (Å²) in [6.45, 7) is 2.75. The Morgan fingerprint density at radius 2 is 1.91 bits per heavy atom. The van der Waals surface area contributed by atoms with E-state index in [0.29, 0.717) is 6.61 Å². The second-order valence-electron chi connectivity index (χ2n) is 7.19. The molecule has 0 aliphatic heterocycles. The van der Waals surface area contributed by atoms with Crippen LogP contribution in [0.4, 0.5) is 8.78 Å². The van der Waals surface area contributed by atoms with Gasteiger partial charge in [0.2, 0.25) is 5.92 Å². The zero-order chi connectivity index (χ0) is 16.6. The average Bonchev–Trinajstić information content (AvgIpc) is 2.59. The maximum Gasteiger partial charge on any atom is 0.250 e. The Balaban J connectivity index is 2.22. The number of ether oxygens (including phenoxy) is 1. The third-order valence-electron chi connectivity index (χ3n) is 5.58. The number of alkyl halides is 2. The molecular weight excluding hydrogens is 292 g/mol. The van der Waals surface area contributed by atoms with Gasteiger partial charge in [0, 0.05) is 43.0 Å². The molecule has 2 unspecified atom stereocenters. The normalized spacial score (nSPS) is 44.0. The first-order valence-corrected chi connectivity index (χ1v) is 8.08. The van der Waals surface area contributed by atoms with Crippen LogP contribution >= 0.6 is 0 Å². The van der Waals surface area contributed by atoms with Crippen molar-refractivity contribution in [3.8, 4) is 0 Å². The number of hydrogen-bond acceptors (Lipinski definition) is 5. The molecular formula is C15H29F2N3O2. The fraction of sp³-hybridized carbons (Fsp3) is 1.00. The van der Waals surface area contributed by atoms with Gasteiger partial charge in [0.05, 0.1) is 12.2 Å². The van der Waals surface area contributed by atoms with Gasteiger partial charge in [0.25, 0.3) is 0 Å². The predicted octanol–water partition coefficient (Wildman–Crippen LogP) is 0.727. The molecule has 7 N–H and O–H groups in total. The molecule has 22 heavy (non-hydrogen) atoms. The van der Waals surface area contributed by atoms with Crippen LogP contribution in [0.15, 0.2) is 0 Å². The van der Waals surface area contributed by atoms with Gasteiger partial charge < -0.3 is 27.0 Å². The summed E-state index contributed by atoms with van der Waals surface area (Å²) >= 11 is 0. The SMILES string of the molecule is CCCCOC[C@@H]1C(O)(CN)C[C@@]2(N)CC(F)(F)CCC12N. The quantitative estimate of drug-likeness (QED) is 0.539. The smallest absolute Gasteiger partial charge is 0.250 e. The van der Waals surface area contributed by atoms with Gasteiger partial charge >= 0.3 is 0 Å². The number of halogens is 2. The second kappa shape index (κ2) is 5.94. The lowest BCUT2D eigenvalue weighted by Crippen LogP contribution is -2.70. The first kappa shape index (κ1) is 18.0. The van der Waals surface area contributed by atoms with Crippen molar-refractivity contribution in [3.63, 3.8) is 0 Å². The molecule has 0 radical (unpaired) electrons. The van der Waals surface area contributed by atoms with Gasteiger partial charge in [-0.1, -0.05) is 13.3 Å². The summed E-state index contributed by atoms with van der Waals surface area (Å²) in [5.41, 5.74) is 14.7. The van der Waals surface area contributed by atoms with Crippen LogP contribution in [0.5, 0.6) is 0 Å². The Bertz CT molecular complexity index is 412. The van der Waals surface area contributed by atoms with Gasteiger partial charge in [-0.2, -0.15) is 0 Å². The number of aliphatic hydroxyl groups is 1. The molecule has 130 valence electrons. The minimum Gasteiger partial charge on any atom is -0.388 e. The molecule has 0 bridgehead atoms. The van der Waals surface area contributed by atoms with Crippen molar-refractivity contribution in [3.05, 3.63) is 0 Å². The summed E-state index contributed by atoms with van der Waals surface area (Å²) in [6, 6.07) is 0. The van der Waals surface area contributed by atoms with Crippen LogP contribution in [0.25, 0.3) is 0 Å². The summed E-state index contributed by atoms with van der Waals surface area (Å²) in [4.78, 5) is 0. The molecule has 2 fully saturated rings. The lowest BCUT2D eigenvalue weighted by molar-refractivity contribution is -0.0918. The molecule has 0 aromatic rings. The van der Waals surface area contributed by atoms with E-state index >= 15 is 0 Å². The zero-order valence-electron chi connectivity index (χ0n) is 13.3. The van der Waals surface area contributed by atoms with Gasteiger partial charge in [0.15, 0.2) is 0 Å². The molecule has 2 rings (SSSR count). The Kier molecular flexibility index (Phi) is 4.86. The predicted molar refractivity (Wildman–Crippen MR) is 80.5 cm³/mol. The maximum absolute atomic E-state index is 13.8. The average molecular weight is 321 g/mol. The summed E-state index contributed by atoms with van der Waals surface area (Å²) in [7, 11) is 0. The Labute approximate surface area is 130 Å². The minimum absolute atomic E-state index is 0.00953. The van der Waals surface area contributed by atoms with Crippen LogP contribution in [0.3, 0.4) is 0 Å².